The van der Waals surface area contributed by atoms with Crippen LogP contribution in [0.4, 0.5) is 0 Å². The lowest BCUT2D eigenvalue weighted by Gasteiger charge is -2.06. The molecule has 0 radical (unpaired) electrons. The fraction of sp³-hybridized carbons (Fsp3) is 0.100. The third-order valence-electron chi connectivity index (χ3n) is 4.26. The molecule has 0 atom stereocenters. The van der Waals surface area contributed by atoms with E-state index in [2.05, 4.69) is 15.4 Å². The molecule has 0 unspecified atom stereocenters. The number of hydrogen-bond acceptors (Lipinski definition) is 5. The van der Waals surface area contributed by atoms with Crippen LogP contribution in [0.5, 0.6) is 0 Å². The van der Waals surface area contributed by atoms with Crippen molar-refractivity contribution in [1.82, 2.24) is 19.9 Å². The summed E-state index contributed by atoms with van der Waals surface area (Å²) in [7, 11) is 0. The van der Waals surface area contributed by atoms with Gasteiger partial charge in [0.15, 0.2) is 0 Å². The summed E-state index contributed by atoms with van der Waals surface area (Å²) in [5.74, 6) is -1.09. The van der Waals surface area contributed by atoms with E-state index >= 15 is 0 Å². The van der Waals surface area contributed by atoms with E-state index in [1.165, 1.54) is 10.7 Å². The minimum atomic E-state index is -0.562. The zero-order valence-electron chi connectivity index (χ0n) is 14.7. The minimum absolute atomic E-state index is 0.131. The molecule has 2 aromatic heterocycles. The molecule has 1 amide bonds. The van der Waals surface area contributed by atoms with Crippen molar-refractivity contribution in [2.24, 2.45) is 0 Å². The van der Waals surface area contributed by atoms with Crippen molar-refractivity contribution in [3.63, 3.8) is 0 Å². The fourth-order valence-corrected chi connectivity index (χ4v) is 2.88. The van der Waals surface area contributed by atoms with E-state index < -0.39 is 11.9 Å². The highest BCUT2D eigenvalue weighted by atomic mass is 16.5. The standard InChI is InChI=1S/C20H16N4O4/c25-17(28-12-13-6-2-1-3-7-13)11-21-19(26)15-10-22-24-16-9-5-4-8-14(16)20(27)23-18(15)24/h1-10H,11-12H2,(H,21,26)(H,23,27). The zero-order valence-corrected chi connectivity index (χ0v) is 14.7. The number of esters is 1. The highest BCUT2D eigenvalue weighted by Gasteiger charge is 2.17. The first kappa shape index (κ1) is 17.5. The Bertz CT molecular complexity index is 1230. The third-order valence-corrected chi connectivity index (χ3v) is 4.26. The van der Waals surface area contributed by atoms with Crippen LogP contribution in [0.15, 0.2) is 65.6 Å². The largest absolute Gasteiger partial charge is 0.460 e. The molecule has 0 fully saturated rings. The Morgan fingerprint density at radius 1 is 1.07 bits per heavy atom. The molecule has 0 aliphatic carbocycles. The van der Waals surface area contributed by atoms with Gasteiger partial charge in [0.05, 0.1) is 17.1 Å². The van der Waals surface area contributed by atoms with Crippen molar-refractivity contribution in [3.05, 3.63) is 82.3 Å². The Labute approximate surface area is 158 Å². The summed E-state index contributed by atoms with van der Waals surface area (Å²) in [5.41, 5.74) is 1.55. The Kier molecular flexibility index (Phi) is 4.59. The predicted octanol–water partition coefficient (Wildman–Crippen LogP) is 1.65. The summed E-state index contributed by atoms with van der Waals surface area (Å²) in [6.45, 7) is -0.160. The number of rotatable bonds is 5. The quantitative estimate of drug-likeness (QED) is 0.515. The third kappa shape index (κ3) is 3.35. The number of carbonyl (C=O) groups is 2. The molecule has 2 heterocycles. The average Bonchev–Trinajstić information content (AvgIpc) is 3.15. The van der Waals surface area contributed by atoms with E-state index in [1.807, 2.05) is 30.3 Å². The molecule has 2 N–H and O–H groups in total. The van der Waals surface area contributed by atoms with Crippen LogP contribution in [0.3, 0.4) is 0 Å². The molecule has 0 spiro atoms. The average molecular weight is 376 g/mol. The normalized spacial score (nSPS) is 10.9. The monoisotopic (exact) mass is 376 g/mol. The lowest BCUT2D eigenvalue weighted by atomic mass is 10.2. The van der Waals surface area contributed by atoms with Crippen molar-refractivity contribution in [2.75, 3.05) is 6.54 Å². The first-order valence-corrected chi connectivity index (χ1v) is 8.60. The van der Waals surface area contributed by atoms with Gasteiger partial charge in [-0.15, -0.1) is 0 Å². The minimum Gasteiger partial charge on any atom is -0.460 e. The number of carbonyl (C=O) groups excluding carboxylic acids is 2. The topological polar surface area (TPSA) is 106 Å². The number of aromatic nitrogens is 3. The number of ether oxygens (including phenoxy) is 1. The molecule has 8 heteroatoms. The van der Waals surface area contributed by atoms with Gasteiger partial charge in [0.25, 0.3) is 11.5 Å². The highest BCUT2D eigenvalue weighted by Crippen LogP contribution is 2.14. The highest BCUT2D eigenvalue weighted by molar-refractivity contribution is 6.01. The summed E-state index contributed by atoms with van der Waals surface area (Å²) in [5, 5.41) is 7.14. The Hall–Kier alpha value is -3.94. The van der Waals surface area contributed by atoms with E-state index in [4.69, 9.17) is 4.74 Å². The lowest BCUT2D eigenvalue weighted by molar-refractivity contribution is -0.143. The molecular formula is C20H16N4O4. The second kappa shape index (κ2) is 7.36. The van der Waals surface area contributed by atoms with Crippen LogP contribution < -0.4 is 10.9 Å². The summed E-state index contributed by atoms with van der Waals surface area (Å²) >= 11 is 0. The summed E-state index contributed by atoms with van der Waals surface area (Å²) < 4.78 is 6.61. The van der Waals surface area contributed by atoms with Gasteiger partial charge >= 0.3 is 5.97 Å². The van der Waals surface area contributed by atoms with Crippen LogP contribution in [-0.4, -0.2) is 33.0 Å². The zero-order chi connectivity index (χ0) is 19.5. The van der Waals surface area contributed by atoms with Gasteiger partial charge in [0.2, 0.25) is 0 Å². The summed E-state index contributed by atoms with van der Waals surface area (Å²) in [6.07, 6.45) is 1.35. The number of hydrogen-bond donors (Lipinski definition) is 2. The number of benzene rings is 2. The van der Waals surface area contributed by atoms with E-state index in [0.717, 1.165) is 5.56 Å². The molecule has 0 bridgehead atoms. The van der Waals surface area contributed by atoms with Crippen LogP contribution in [0, 0.1) is 0 Å². The van der Waals surface area contributed by atoms with Crippen LogP contribution in [0.25, 0.3) is 16.6 Å². The van der Waals surface area contributed by atoms with Crippen molar-refractivity contribution in [2.45, 2.75) is 6.61 Å². The van der Waals surface area contributed by atoms with E-state index in [0.29, 0.717) is 10.9 Å². The molecule has 140 valence electrons. The van der Waals surface area contributed by atoms with Crippen LogP contribution in [-0.2, 0) is 16.1 Å². The van der Waals surface area contributed by atoms with Gasteiger partial charge in [0.1, 0.15) is 24.4 Å². The summed E-state index contributed by atoms with van der Waals surface area (Å²) in [6, 6.07) is 16.2. The number of H-pyrrole nitrogens is 1. The number of aromatic amines is 1. The maximum Gasteiger partial charge on any atom is 0.325 e. The maximum absolute atomic E-state index is 12.5. The van der Waals surface area contributed by atoms with Crippen molar-refractivity contribution >= 4 is 28.4 Å². The number of fused-ring (bicyclic) bond motifs is 3. The Balaban J connectivity index is 1.47. The molecule has 0 saturated carbocycles. The van der Waals surface area contributed by atoms with Crippen LogP contribution in [0.2, 0.25) is 0 Å². The predicted molar refractivity (Wildman–Crippen MR) is 102 cm³/mol. The number of para-hydroxylation sites is 1. The van der Waals surface area contributed by atoms with Gasteiger partial charge in [-0.2, -0.15) is 5.10 Å². The second-order valence-corrected chi connectivity index (χ2v) is 6.12. The smallest absolute Gasteiger partial charge is 0.325 e. The summed E-state index contributed by atoms with van der Waals surface area (Å²) in [4.78, 5) is 39.2. The Morgan fingerprint density at radius 2 is 1.82 bits per heavy atom. The fourth-order valence-electron chi connectivity index (χ4n) is 2.88. The van der Waals surface area contributed by atoms with Crippen molar-refractivity contribution < 1.29 is 14.3 Å². The van der Waals surface area contributed by atoms with Gasteiger partial charge in [-0.05, 0) is 17.7 Å². The van der Waals surface area contributed by atoms with Crippen LogP contribution >= 0.6 is 0 Å². The molecule has 2 aromatic carbocycles. The van der Waals surface area contributed by atoms with Crippen LogP contribution in [0.1, 0.15) is 15.9 Å². The molecule has 0 saturated heterocycles. The molecular weight excluding hydrogens is 360 g/mol. The van der Waals surface area contributed by atoms with E-state index in [1.54, 1.807) is 24.3 Å². The van der Waals surface area contributed by atoms with Gasteiger partial charge in [-0.1, -0.05) is 42.5 Å². The molecule has 4 rings (SSSR count). The molecule has 4 aromatic rings. The molecule has 0 aliphatic heterocycles. The van der Waals surface area contributed by atoms with Crippen molar-refractivity contribution in [1.29, 1.82) is 0 Å². The number of nitrogens with one attached hydrogen (secondary N) is 2. The van der Waals surface area contributed by atoms with Gasteiger partial charge in [-0.25, -0.2) is 4.52 Å². The van der Waals surface area contributed by atoms with E-state index in [-0.39, 0.29) is 29.9 Å². The van der Waals surface area contributed by atoms with Crippen molar-refractivity contribution in [3.8, 4) is 0 Å². The second-order valence-electron chi connectivity index (χ2n) is 6.12. The first-order valence-electron chi connectivity index (χ1n) is 8.60. The van der Waals surface area contributed by atoms with Gasteiger partial charge in [0, 0.05) is 0 Å². The number of amides is 1. The molecule has 28 heavy (non-hydrogen) atoms. The lowest BCUT2D eigenvalue weighted by Crippen LogP contribution is -2.30. The molecule has 8 nitrogen and oxygen atoms in total. The van der Waals surface area contributed by atoms with Gasteiger partial charge < -0.3 is 15.0 Å². The first-order chi connectivity index (χ1) is 13.6. The number of nitrogens with zero attached hydrogens (tertiary/aromatic N) is 2. The van der Waals surface area contributed by atoms with Gasteiger partial charge in [-0.3, -0.25) is 14.4 Å². The van der Waals surface area contributed by atoms with E-state index in [9.17, 15) is 14.4 Å². The Morgan fingerprint density at radius 3 is 2.64 bits per heavy atom. The SMILES string of the molecule is O=C(CNC(=O)c1cnn2c1[nH]c(=O)c1ccccc12)OCc1ccccc1. The maximum atomic E-state index is 12.5. The molecule has 0 aliphatic rings.